The molecule has 0 unspecified atom stereocenters. The molecule has 0 atom stereocenters. The van der Waals surface area contributed by atoms with E-state index in [-0.39, 0.29) is 5.57 Å². The first kappa shape index (κ1) is 17.7. The molecule has 0 bridgehead atoms. The normalized spacial score (nSPS) is 13.3. The van der Waals surface area contributed by atoms with Gasteiger partial charge in [-0.2, -0.15) is 26.3 Å². The van der Waals surface area contributed by atoms with E-state index < -0.39 is 43.4 Å². The average molecular weight is 296 g/mol. The van der Waals surface area contributed by atoms with Crippen LogP contribution in [-0.2, 0) is 9.53 Å². The summed E-state index contributed by atoms with van der Waals surface area (Å²) in [7, 11) is 0. The summed E-state index contributed by atoms with van der Waals surface area (Å²) in [6, 6.07) is 0. The number of hydrogen-bond donors (Lipinski definition) is 0. The lowest BCUT2D eigenvalue weighted by molar-refractivity contribution is -0.343. The molecule has 9 heteroatoms. The zero-order valence-electron chi connectivity index (χ0n) is 9.79. The Kier molecular flexibility index (Phi) is 5.40. The molecule has 0 aromatic rings. The molecular weight excluding hydrogens is 285 g/mol. The van der Waals surface area contributed by atoms with Gasteiger partial charge < -0.3 is 4.74 Å². The van der Waals surface area contributed by atoms with Gasteiger partial charge >= 0.3 is 18.3 Å². The Morgan fingerprint density at radius 3 is 1.79 bits per heavy atom. The standard InChI is InChI=1S/C10H11F7O2/c1-6(2)7(18)19-5-3-4-8(11,9(12,13)14)10(15,16)17/h1,3-5H2,2H3. The zero-order chi connectivity index (χ0) is 15.5. The van der Waals surface area contributed by atoms with Crippen molar-refractivity contribution in [2.24, 2.45) is 0 Å². The highest BCUT2D eigenvalue weighted by molar-refractivity contribution is 5.86. The van der Waals surface area contributed by atoms with E-state index >= 15 is 0 Å². The Labute approximate surface area is 104 Å². The highest BCUT2D eigenvalue weighted by Gasteiger charge is 2.71. The van der Waals surface area contributed by atoms with Crippen LogP contribution in [0.25, 0.3) is 0 Å². The molecule has 0 saturated heterocycles. The third-order valence-corrected chi connectivity index (χ3v) is 2.15. The number of esters is 1. The van der Waals surface area contributed by atoms with E-state index in [0.717, 1.165) is 0 Å². The summed E-state index contributed by atoms with van der Waals surface area (Å²) in [5, 5.41) is 0. The second-order valence-electron chi connectivity index (χ2n) is 3.82. The van der Waals surface area contributed by atoms with Crippen molar-refractivity contribution in [2.45, 2.75) is 37.8 Å². The second-order valence-corrected chi connectivity index (χ2v) is 3.82. The summed E-state index contributed by atoms with van der Waals surface area (Å²) in [5.41, 5.74) is -5.38. The molecule has 0 aromatic carbocycles. The van der Waals surface area contributed by atoms with Gasteiger partial charge in [-0.1, -0.05) is 6.58 Å². The number of hydrogen-bond acceptors (Lipinski definition) is 2. The second kappa shape index (κ2) is 5.79. The van der Waals surface area contributed by atoms with Gasteiger partial charge in [0, 0.05) is 12.0 Å². The Morgan fingerprint density at radius 1 is 1.05 bits per heavy atom. The first-order valence-corrected chi connectivity index (χ1v) is 4.98. The van der Waals surface area contributed by atoms with E-state index in [4.69, 9.17) is 0 Å². The van der Waals surface area contributed by atoms with Gasteiger partial charge in [-0.05, 0) is 13.3 Å². The lowest BCUT2D eigenvalue weighted by atomic mass is 9.98. The van der Waals surface area contributed by atoms with Gasteiger partial charge in [0.15, 0.2) is 0 Å². The topological polar surface area (TPSA) is 26.3 Å². The molecule has 0 spiro atoms. The van der Waals surface area contributed by atoms with E-state index in [1.165, 1.54) is 6.92 Å². The summed E-state index contributed by atoms with van der Waals surface area (Å²) in [6.07, 6.45) is -15.0. The number of halogens is 7. The fourth-order valence-electron chi connectivity index (χ4n) is 1.05. The fourth-order valence-corrected chi connectivity index (χ4v) is 1.05. The minimum atomic E-state index is -6.08. The molecule has 0 aliphatic carbocycles. The van der Waals surface area contributed by atoms with Gasteiger partial charge in [0.1, 0.15) is 0 Å². The monoisotopic (exact) mass is 296 g/mol. The molecular formula is C10H11F7O2. The van der Waals surface area contributed by atoms with E-state index in [1.54, 1.807) is 0 Å². The van der Waals surface area contributed by atoms with E-state index in [1.807, 2.05) is 0 Å². The van der Waals surface area contributed by atoms with Crippen molar-refractivity contribution < 1.29 is 40.3 Å². The van der Waals surface area contributed by atoms with E-state index in [9.17, 15) is 35.5 Å². The first-order chi connectivity index (χ1) is 8.33. The smallest absolute Gasteiger partial charge is 0.431 e. The van der Waals surface area contributed by atoms with Crippen LogP contribution in [0.3, 0.4) is 0 Å². The van der Waals surface area contributed by atoms with E-state index in [2.05, 4.69) is 11.3 Å². The number of ether oxygens (including phenoxy) is 1. The van der Waals surface area contributed by atoms with Gasteiger partial charge in [0.05, 0.1) is 6.61 Å². The fraction of sp³-hybridized carbons (Fsp3) is 0.700. The largest absolute Gasteiger partial charge is 0.462 e. The Hall–Kier alpha value is -1.28. The minimum absolute atomic E-state index is 0.0712. The van der Waals surface area contributed by atoms with Crippen LogP contribution in [0.2, 0.25) is 0 Å². The van der Waals surface area contributed by atoms with Crippen LogP contribution in [0.4, 0.5) is 30.7 Å². The summed E-state index contributed by atoms with van der Waals surface area (Å²) < 4.78 is 90.0. The lowest BCUT2D eigenvalue weighted by Gasteiger charge is -2.29. The molecule has 0 aliphatic heterocycles. The molecule has 0 saturated carbocycles. The number of alkyl halides is 7. The summed E-state index contributed by atoms with van der Waals surface area (Å²) in [5.74, 6) is -0.969. The van der Waals surface area contributed by atoms with Crippen LogP contribution in [0.1, 0.15) is 19.8 Å². The van der Waals surface area contributed by atoms with Gasteiger partial charge in [-0.3, -0.25) is 0 Å². The van der Waals surface area contributed by atoms with Gasteiger partial charge in [0.25, 0.3) is 5.67 Å². The Balaban J connectivity index is 4.56. The maximum Gasteiger partial charge on any atom is 0.431 e. The van der Waals surface area contributed by atoms with Crippen molar-refractivity contribution in [3.8, 4) is 0 Å². The summed E-state index contributed by atoms with van der Waals surface area (Å²) >= 11 is 0. The summed E-state index contributed by atoms with van der Waals surface area (Å²) in [6.45, 7) is 3.64. The van der Waals surface area contributed by atoms with Gasteiger partial charge in [0.2, 0.25) is 0 Å². The van der Waals surface area contributed by atoms with Gasteiger partial charge in [-0.25, -0.2) is 9.18 Å². The SMILES string of the molecule is C=C(C)C(=O)OCCCC(F)(C(F)(F)F)C(F)(F)F. The highest BCUT2D eigenvalue weighted by Crippen LogP contribution is 2.48. The van der Waals surface area contributed by atoms with Crippen molar-refractivity contribution in [3.63, 3.8) is 0 Å². The molecule has 0 heterocycles. The van der Waals surface area contributed by atoms with E-state index in [0.29, 0.717) is 0 Å². The average Bonchev–Trinajstić information content (AvgIpc) is 2.20. The van der Waals surface area contributed by atoms with Crippen molar-refractivity contribution in [1.82, 2.24) is 0 Å². The molecule has 19 heavy (non-hydrogen) atoms. The van der Waals surface area contributed by atoms with Crippen molar-refractivity contribution in [3.05, 3.63) is 12.2 Å². The van der Waals surface area contributed by atoms with Crippen LogP contribution in [-0.4, -0.2) is 30.6 Å². The van der Waals surface area contributed by atoms with Crippen molar-refractivity contribution >= 4 is 5.97 Å². The van der Waals surface area contributed by atoms with Crippen molar-refractivity contribution in [1.29, 1.82) is 0 Å². The number of rotatable bonds is 5. The maximum atomic E-state index is 13.1. The molecule has 2 nitrogen and oxygen atoms in total. The molecule has 0 fully saturated rings. The number of carbonyl (C=O) groups excluding carboxylic acids is 1. The van der Waals surface area contributed by atoms with Crippen LogP contribution in [0.5, 0.6) is 0 Å². The highest BCUT2D eigenvalue weighted by atomic mass is 19.4. The maximum absolute atomic E-state index is 13.1. The molecule has 0 radical (unpaired) electrons. The third kappa shape index (κ3) is 4.39. The predicted molar refractivity (Wildman–Crippen MR) is 51.0 cm³/mol. The Morgan fingerprint density at radius 2 is 1.47 bits per heavy atom. The van der Waals surface area contributed by atoms with Gasteiger partial charge in [-0.15, -0.1) is 0 Å². The number of carbonyl (C=O) groups is 1. The van der Waals surface area contributed by atoms with Crippen LogP contribution in [0.15, 0.2) is 12.2 Å². The zero-order valence-corrected chi connectivity index (χ0v) is 9.79. The first-order valence-electron chi connectivity index (χ1n) is 4.98. The van der Waals surface area contributed by atoms with Crippen LogP contribution in [0, 0.1) is 0 Å². The lowest BCUT2D eigenvalue weighted by Crippen LogP contribution is -2.53. The Bertz CT molecular complexity index is 329. The van der Waals surface area contributed by atoms with Crippen LogP contribution >= 0.6 is 0 Å². The van der Waals surface area contributed by atoms with Crippen molar-refractivity contribution in [2.75, 3.05) is 6.61 Å². The minimum Gasteiger partial charge on any atom is -0.462 e. The third-order valence-electron chi connectivity index (χ3n) is 2.15. The molecule has 0 aromatic heterocycles. The molecule has 0 amide bonds. The molecule has 0 N–H and O–H groups in total. The quantitative estimate of drug-likeness (QED) is 0.334. The molecule has 112 valence electrons. The van der Waals surface area contributed by atoms with Crippen LogP contribution < -0.4 is 0 Å². The summed E-state index contributed by atoms with van der Waals surface area (Å²) in [4.78, 5) is 10.8. The predicted octanol–water partition coefficient (Wildman–Crippen LogP) is 3.72. The molecule has 0 rings (SSSR count). The molecule has 0 aliphatic rings.